The molecule has 0 aliphatic heterocycles. The minimum absolute atomic E-state index is 0.262. The highest BCUT2D eigenvalue weighted by Crippen LogP contribution is 2.14. The molecular formula is C38H71NO6S. The molecule has 1 amide bonds. The number of amides is 1. The third kappa shape index (κ3) is 31.1. The summed E-state index contributed by atoms with van der Waals surface area (Å²) in [4.78, 5) is 12.5. The van der Waals surface area contributed by atoms with E-state index < -0.39 is 40.0 Å². The van der Waals surface area contributed by atoms with Crippen LogP contribution >= 0.6 is 0 Å². The molecule has 8 heteroatoms. The molecule has 0 saturated carbocycles. The molecular weight excluding hydrogens is 598 g/mol. The van der Waals surface area contributed by atoms with Crippen LogP contribution in [0.5, 0.6) is 0 Å². The molecule has 0 aromatic rings. The molecule has 0 aromatic heterocycles. The van der Waals surface area contributed by atoms with Gasteiger partial charge in [0.1, 0.15) is 6.10 Å². The van der Waals surface area contributed by atoms with Crippen LogP contribution in [-0.2, 0) is 14.9 Å². The fourth-order valence-corrected chi connectivity index (χ4v) is 6.24. The molecule has 46 heavy (non-hydrogen) atoms. The topological polar surface area (TPSA) is 124 Å². The number of aliphatic hydroxyl groups excluding tert-OH is 2. The lowest BCUT2D eigenvalue weighted by molar-refractivity contribution is -0.130. The molecule has 0 saturated heterocycles. The molecule has 4 N–H and O–H groups in total. The van der Waals surface area contributed by atoms with Gasteiger partial charge in [-0.25, -0.2) is 0 Å². The van der Waals surface area contributed by atoms with Gasteiger partial charge < -0.3 is 15.5 Å². The van der Waals surface area contributed by atoms with E-state index in [1.165, 1.54) is 96.0 Å². The second-order valence-corrected chi connectivity index (χ2v) is 14.5. The molecule has 0 heterocycles. The number of hydrogen-bond acceptors (Lipinski definition) is 5. The van der Waals surface area contributed by atoms with Gasteiger partial charge in [-0.1, -0.05) is 166 Å². The average Bonchev–Trinajstić information content (AvgIpc) is 3.01. The Labute approximate surface area is 283 Å². The second kappa shape index (κ2) is 32.1. The molecule has 0 fully saturated rings. The zero-order chi connectivity index (χ0) is 34.1. The smallest absolute Gasteiger partial charge is 0.267 e. The van der Waals surface area contributed by atoms with Gasteiger partial charge in [0.2, 0.25) is 5.91 Å². The van der Waals surface area contributed by atoms with Crippen molar-refractivity contribution in [2.75, 3.05) is 5.75 Å². The highest BCUT2D eigenvalue weighted by atomic mass is 32.2. The Hall–Kier alpha value is -1.48. The van der Waals surface area contributed by atoms with Crippen molar-refractivity contribution < 1.29 is 28.0 Å². The van der Waals surface area contributed by atoms with E-state index >= 15 is 0 Å². The Balaban J connectivity index is 4.15. The van der Waals surface area contributed by atoms with Gasteiger partial charge in [0.15, 0.2) is 0 Å². The van der Waals surface area contributed by atoms with Crippen molar-refractivity contribution in [3.8, 4) is 0 Å². The summed E-state index contributed by atoms with van der Waals surface area (Å²) < 4.78 is 32.4. The van der Waals surface area contributed by atoms with Gasteiger partial charge >= 0.3 is 0 Å². The minimum Gasteiger partial charge on any atom is -0.387 e. The van der Waals surface area contributed by atoms with Crippen LogP contribution in [0.4, 0.5) is 0 Å². The lowest BCUT2D eigenvalue weighted by Crippen LogP contribution is -2.50. The predicted molar refractivity (Wildman–Crippen MR) is 195 cm³/mol. The van der Waals surface area contributed by atoms with Crippen molar-refractivity contribution in [3.05, 3.63) is 36.5 Å². The Morgan fingerprint density at radius 1 is 0.609 bits per heavy atom. The quantitative estimate of drug-likeness (QED) is 0.0239. The Morgan fingerprint density at radius 3 is 1.48 bits per heavy atom. The Bertz CT molecular complexity index is 886. The van der Waals surface area contributed by atoms with E-state index in [1.54, 1.807) is 6.08 Å². The summed E-state index contributed by atoms with van der Waals surface area (Å²) in [5.41, 5.74) is 0. The van der Waals surface area contributed by atoms with Gasteiger partial charge in [0, 0.05) is 0 Å². The molecule has 3 unspecified atom stereocenters. The minimum atomic E-state index is -4.44. The van der Waals surface area contributed by atoms with Crippen LogP contribution < -0.4 is 5.32 Å². The predicted octanol–water partition coefficient (Wildman–Crippen LogP) is 9.54. The van der Waals surface area contributed by atoms with Crippen molar-refractivity contribution in [1.82, 2.24) is 5.32 Å². The van der Waals surface area contributed by atoms with Gasteiger partial charge in [-0.2, -0.15) is 8.42 Å². The van der Waals surface area contributed by atoms with E-state index in [0.717, 1.165) is 57.8 Å². The van der Waals surface area contributed by atoms with Crippen molar-refractivity contribution in [3.63, 3.8) is 0 Å². The van der Waals surface area contributed by atoms with Crippen molar-refractivity contribution in [2.45, 2.75) is 193 Å². The van der Waals surface area contributed by atoms with Crippen LogP contribution in [0.2, 0.25) is 0 Å². The first kappa shape index (κ1) is 44.5. The summed E-state index contributed by atoms with van der Waals surface area (Å²) in [6.07, 6.45) is 37.6. The number of aliphatic hydroxyl groups is 2. The highest BCUT2D eigenvalue weighted by Gasteiger charge is 2.27. The molecule has 0 radical (unpaired) electrons. The van der Waals surface area contributed by atoms with E-state index in [9.17, 15) is 28.0 Å². The first-order valence-electron chi connectivity index (χ1n) is 18.8. The first-order valence-corrected chi connectivity index (χ1v) is 20.4. The average molecular weight is 670 g/mol. The maximum atomic E-state index is 12.5. The number of rotatable bonds is 33. The molecule has 0 aliphatic carbocycles. The summed E-state index contributed by atoms with van der Waals surface area (Å²) in [5.74, 6) is -1.55. The van der Waals surface area contributed by atoms with Crippen LogP contribution in [0.25, 0.3) is 0 Å². The molecule has 0 rings (SSSR count). The maximum Gasteiger partial charge on any atom is 0.267 e. The fraction of sp³-hybridized carbons (Fsp3) is 0.816. The van der Waals surface area contributed by atoms with E-state index in [0.29, 0.717) is 6.42 Å². The third-order valence-electron chi connectivity index (χ3n) is 8.45. The van der Waals surface area contributed by atoms with Crippen molar-refractivity contribution in [1.29, 1.82) is 0 Å². The number of carbonyl (C=O) groups excluding carboxylic acids is 1. The zero-order valence-corrected chi connectivity index (χ0v) is 30.4. The molecule has 7 nitrogen and oxygen atoms in total. The summed E-state index contributed by atoms with van der Waals surface area (Å²) in [7, 11) is -4.44. The highest BCUT2D eigenvalue weighted by molar-refractivity contribution is 7.85. The fourth-order valence-electron chi connectivity index (χ4n) is 5.50. The van der Waals surface area contributed by atoms with Crippen LogP contribution in [0.3, 0.4) is 0 Å². The number of hydrogen-bond donors (Lipinski definition) is 4. The summed E-state index contributed by atoms with van der Waals surface area (Å²) in [6.45, 7) is 4.46. The number of carbonyl (C=O) groups is 1. The van der Waals surface area contributed by atoms with E-state index in [-0.39, 0.29) is 6.42 Å². The molecule has 0 spiro atoms. The van der Waals surface area contributed by atoms with Crippen LogP contribution in [0.1, 0.15) is 174 Å². The van der Waals surface area contributed by atoms with E-state index in [2.05, 4.69) is 43.5 Å². The zero-order valence-electron chi connectivity index (χ0n) is 29.6. The number of nitrogens with one attached hydrogen (secondary N) is 1. The molecule has 270 valence electrons. The van der Waals surface area contributed by atoms with Gasteiger partial charge in [-0.15, -0.1) is 0 Å². The van der Waals surface area contributed by atoms with E-state index in [1.807, 2.05) is 0 Å². The Morgan fingerprint density at radius 2 is 1.00 bits per heavy atom. The van der Waals surface area contributed by atoms with Gasteiger partial charge in [0.25, 0.3) is 10.1 Å². The third-order valence-corrected chi connectivity index (χ3v) is 9.23. The molecule has 0 aliphatic rings. The van der Waals surface area contributed by atoms with Crippen LogP contribution in [-0.4, -0.2) is 53.1 Å². The van der Waals surface area contributed by atoms with Crippen molar-refractivity contribution in [2.24, 2.45) is 0 Å². The van der Waals surface area contributed by atoms with Gasteiger partial charge in [0.05, 0.1) is 17.9 Å². The standard InChI is InChI=1S/C38H71NO6S/c1-3-5-7-9-11-13-15-17-19-21-22-24-26-28-30-32-36(40)35(34-46(43,44)45)39-38(42)37(41)33-31-29-27-25-23-20-18-16-14-12-10-8-6-4-2/h12,14,16,18,30,32,35-37,40-41H,3-11,13,15,17,19-29,31,33-34H2,1-2H3,(H,39,42)(H,43,44,45)/b14-12-,18-16-,32-30+. The number of unbranched alkanes of at least 4 members (excludes halogenated alkanes) is 21. The lowest BCUT2D eigenvalue weighted by atomic mass is 10.0. The first-order chi connectivity index (χ1) is 22.2. The van der Waals surface area contributed by atoms with E-state index in [4.69, 9.17) is 0 Å². The van der Waals surface area contributed by atoms with Crippen molar-refractivity contribution >= 4 is 16.0 Å². The normalized spacial score (nSPS) is 14.5. The molecule has 3 atom stereocenters. The van der Waals surface area contributed by atoms with Crippen LogP contribution in [0.15, 0.2) is 36.5 Å². The van der Waals surface area contributed by atoms with Crippen LogP contribution in [0, 0.1) is 0 Å². The summed E-state index contributed by atoms with van der Waals surface area (Å²) in [6, 6.07) is -1.24. The molecule has 0 bridgehead atoms. The second-order valence-electron chi connectivity index (χ2n) is 13.0. The summed E-state index contributed by atoms with van der Waals surface area (Å²) in [5, 5.41) is 23.3. The van der Waals surface area contributed by atoms with Gasteiger partial charge in [-0.05, 0) is 44.9 Å². The SMILES string of the molecule is CCCCC/C=C\C=C/CCCCCCCC(O)C(=O)NC(CS(=O)(=O)O)C(O)/C=C/CCCCCCCCCCCCCCC. The summed E-state index contributed by atoms with van der Waals surface area (Å²) >= 11 is 0. The number of allylic oxidation sites excluding steroid dienone is 5. The largest absolute Gasteiger partial charge is 0.387 e. The maximum absolute atomic E-state index is 12.5. The monoisotopic (exact) mass is 670 g/mol. The molecule has 0 aromatic carbocycles. The Kier molecular flexibility index (Phi) is 31.1. The van der Waals surface area contributed by atoms with Gasteiger partial charge in [-0.3, -0.25) is 9.35 Å². The lowest BCUT2D eigenvalue weighted by Gasteiger charge is -2.22.